The van der Waals surface area contributed by atoms with E-state index in [2.05, 4.69) is 44.1 Å². The summed E-state index contributed by atoms with van der Waals surface area (Å²) in [6, 6.07) is 13.0. The minimum absolute atomic E-state index is 0.203. The first-order valence-corrected chi connectivity index (χ1v) is 9.67. The van der Waals surface area contributed by atoms with Crippen molar-refractivity contribution in [2.75, 3.05) is 5.32 Å². The Morgan fingerprint density at radius 1 is 1.17 bits per heavy atom. The predicted molar refractivity (Wildman–Crippen MR) is 108 cm³/mol. The molecule has 0 spiro atoms. The van der Waals surface area contributed by atoms with E-state index in [4.69, 9.17) is 4.42 Å². The van der Waals surface area contributed by atoms with Gasteiger partial charge in [-0.25, -0.2) is 9.37 Å². The van der Waals surface area contributed by atoms with Crippen LogP contribution in [-0.4, -0.2) is 25.8 Å². The van der Waals surface area contributed by atoms with Gasteiger partial charge in [0, 0.05) is 41.7 Å². The van der Waals surface area contributed by atoms with E-state index in [9.17, 15) is 4.39 Å². The van der Waals surface area contributed by atoms with Crippen molar-refractivity contribution < 1.29 is 8.81 Å². The van der Waals surface area contributed by atoms with Crippen molar-refractivity contribution in [1.82, 2.24) is 19.7 Å². The molecule has 1 aliphatic rings. The van der Waals surface area contributed by atoms with Crippen LogP contribution in [-0.2, 0) is 6.54 Å². The molecule has 0 amide bonds. The normalized spacial score (nSPS) is 17.9. The lowest BCUT2D eigenvalue weighted by Gasteiger charge is -2.21. The van der Waals surface area contributed by atoms with Gasteiger partial charge in [0.15, 0.2) is 0 Å². The SMILES string of the molecule is CCC1c2ccc(-c3nnco3)cc2NC1Cn1ccnc1-c1cccc(F)c1. The lowest BCUT2D eigenvalue weighted by atomic mass is 9.92. The molecule has 2 atom stereocenters. The second-order valence-corrected chi connectivity index (χ2v) is 7.23. The first-order valence-electron chi connectivity index (χ1n) is 9.67. The molecule has 2 unspecified atom stereocenters. The molecule has 1 aliphatic heterocycles. The molecule has 0 saturated heterocycles. The highest BCUT2D eigenvalue weighted by atomic mass is 19.1. The van der Waals surface area contributed by atoms with E-state index in [0.717, 1.165) is 35.6 Å². The van der Waals surface area contributed by atoms with Crippen LogP contribution in [0.25, 0.3) is 22.8 Å². The summed E-state index contributed by atoms with van der Waals surface area (Å²) >= 11 is 0. The molecule has 6 nitrogen and oxygen atoms in total. The van der Waals surface area contributed by atoms with E-state index in [-0.39, 0.29) is 11.9 Å². The third kappa shape index (κ3) is 3.18. The standard InChI is InChI=1S/C22H20FN5O/c1-2-17-18-7-6-15(22-27-25-13-29-22)11-19(18)26-20(17)12-28-9-8-24-21(28)14-4-3-5-16(23)10-14/h3-11,13,17,20,26H,2,12H2,1H3. The second kappa shape index (κ2) is 7.16. The summed E-state index contributed by atoms with van der Waals surface area (Å²) in [5.41, 5.74) is 4.04. The van der Waals surface area contributed by atoms with Crippen molar-refractivity contribution in [3.05, 3.63) is 72.6 Å². The molecule has 2 aromatic heterocycles. The summed E-state index contributed by atoms with van der Waals surface area (Å²) in [7, 11) is 0. The Balaban J connectivity index is 1.43. The molecule has 1 N–H and O–H groups in total. The van der Waals surface area contributed by atoms with E-state index in [1.54, 1.807) is 12.3 Å². The van der Waals surface area contributed by atoms with E-state index in [1.165, 1.54) is 24.1 Å². The summed E-state index contributed by atoms with van der Waals surface area (Å²) in [4.78, 5) is 4.46. The van der Waals surface area contributed by atoms with Gasteiger partial charge in [-0.15, -0.1) is 10.2 Å². The summed E-state index contributed by atoms with van der Waals surface area (Å²) in [6.07, 6.45) is 6.05. The zero-order valence-corrected chi connectivity index (χ0v) is 15.9. The van der Waals surface area contributed by atoms with E-state index in [1.807, 2.05) is 18.3 Å². The number of hydrogen-bond donors (Lipinski definition) is 1. The zero-order valence-electron chi connectivity index (χ0n) is 15.9. The van der Waals surface area contributed by atoms with Gasteiger partial charge in [-0.2, -0.15) is 0 Å². The van der Waals surface area contributed by atoms with Gasteiger partial charge in [0.05, 0.1) is 6.04 Å². The van der Waals surface area contributed by atoms with Crippen molar-refractivity contribution in [2.24, 2.45) is 0 Å². The number of aromatic nitrogens is 4. The lowest BCUT2D eigenvalue weighted by molar-refractivity contribution is 0.505. The first-order chi connectivity index (χ1) is 14.2. The topological polar surface area (TPSA) is 68.8 Å². The van der Waals surface area contributed by atoms with Crippen LogP contribution in [0.15, 0.2) is 65.7 Å². The Bertz CT molecular complexity index is 1140. The highest BCUT2D eigenvalue weighted by Gasteiger charge is 2.32. The van der Waals surface area contributed by atoms with Gasteiger partial charge in [-0.1, -0.05) is 25.1 Å². The molecule has 0 saturated carbocycles. The molecule has 146 valence electrons. The number of nitrogens with zero attached hydrogens (tertiary/aromatic N) is 4. The number of benzene rings is 2. The van der Waals surface area contributed by atoms with Gasteiger partial charge in [0.2, 0.25) is 12.3 Å². The monoisotopic (exact) mass is 389 g/mol. The van der Waals surface area contributed by atoms with Gasteiger partial charge in [-0.3, -0.25) is 0 Å². The Kier molecular flexibility index (Phi) is 4.35. The fourth-order valence-electron chi connectivity index (χ4n) is 4.19. The maximum Gasteiger partial charge on any atom is 0.247 e. The summed E-state index contributed by atoms with van der Waals surface area (Å²) in [5, 5.41) is 11.4. The molecule has 0 bridgehead atoms. The van der Waals surface area contributed by atoms with Crippen LogP contribution in [0.3, 0.4) is 0 Å². The van der Waals surface area contributed by atoms with Gasteiger partial charge >= 0.3 is 0 Å². The molecule has 0 aliphatic carbocycles. The highest BCUT2D eigenvalue weighted by Crippen LogP contribution is 2.40. The molecule has 0 radical (unpaired) electrons. The second-order valence-electron chi connectivity index (χ2n) is 7.23. The molecule has 7 heteroatoms. The van der Waals surface area contributed by atoms with Gasteiger partial charge in [0.25, 0.3) is 0 Å². The maximum atomic E-state index is 13.7. The summed E-state index contributed by atoms with van der Waals surface area (Å²) in [6.45, 7) is 2.93. The minimum Gasteiger partial charge on any atom is -0.423 e. The molecular weight excluding hydrogens is 369 g/mol. The molecular formula is C22H20FN5O. The molecule has 4 aromatic rings. The van der Waals surface area contributed by atoms with Crippen molar-refractivity contribution in [3.63, 3.8) is 0 Å². The van der Waals surface area contributed by atoms with E-state index >= 15 is 0 Å². The Hall–Kier alpha value is -3.48. The third-order valence-electron chi connectivity index (χ3n) is 5.52. The average Bonchev–Trinajstić information content (AvgIpc) is 3.47. The highest BCUT2D eigenvalue weighted by molar-refractivity contribution is 5.68. The van der Waals surface area contributed by atoms with Gasteiger partial charge in [-0.05, 0) is 36.2 Å². The van der Waals surface area contributed by atoms with E-state index in [0.29, 0.717) is 11.8 Å². The molecule has 2 aromatic carbocycles. The van der Waals surface area contributed by atoms with Crippen LogP contribution >= 0.6 is 0 Å². The predicted octanol–water partition coefficient (Wildman–Crippen LogP) is 4.73. The molecule has 0 fully saturated rings. The number of imidazole rings is 1. The Morgan fingerprint density at radius 2 is 2.10 bits per heavy atom. The largest absolute Gasteiger partial charge is 0.423 e. The lowest BCUT2D eigenvalue weighted by Crippen LogP contribution is -2.26. The Labute approximate surface area is 167 Å². The molecule has 29 heavy (non-hydrogen) atoms. The van der Waals surface area contributed by atoms with Crippen LogP contribution in [0.5, 0.6) is 0 Å². The van der Waals surface area contributed by atoms with Crippen molar-refractivity contribution in [3.8, 4) is 22.8 Å². The van der Waals surface area contributed by atoms with Crippen LogP contribution in [0, 0.1) is 5.82 Å². The number of fused-ring (bicyclic) bond motifs is 1. The van der Waals surface area contributed by atoms with Crippen molar-refractivity contribution >= 4 is 5.69 Å². The first kappa shape index (κ1) is 17.6. The van der Waals surface area contributed by atoms with Crippen LogP contribution in [0.1, 0.15) is 24.8 Å². The van der Waals surface area contributed by atoms with Crippen LogP contribution in [0.2, 0.25) is 0 Å². The number of hydrogen-bond acceptors (Lipinski definition) is 5. The van der Waals surface area contributed by atoms with Crippen molar-refractivity contribution in [1.29, 1.82) is 0 Å². The fourth-order valence-corrected chi connectivity index (χ4v) is 4.19. The third-order valence-corrected chi connectivity index (χ3v) is 5.52. The number of nitrogens with one attached hydrogen (secondary N) is 1. The van der Waals surface area contributed by atoms with Gasteiger partial charge in [0.1, 0.15) is 11.6 Å². The van der Waals surface area contributed by atoms with Gasteiger partial charge < -0.3 is 14.3 Å². The summed E-state index contributed by atoms with van der Waals surface area (Å²) < 4.78 is 21.1. The van der Waals surface area contributed by atoms with E-state index < -0.39 is 0 Å². The maximum absolute atomic E-state index is 13.7. The average molecular weight is 389 g/mol. The number of anilines is 1. The smallest absolute Gasteiger partial charge is 0.247 e. The molecule has 5 rings (SSSR count). The summed E-state index contributed by atoms with van der Waals surface area (Å²) in [5.74, 6) is 1.38. The van der Waals surface area contributed by atoms with Crippen LogP contribution in [0.4, 0.5) is 10.1 Å². The fraction of sp³-hybridized carbons (Fsp3) is 0.227. The van der Waals surface area contributed by atoms with Crippen LogP contribution < -0.4 is 5.32 Å². The molecule has 3 heterocycles. The number of halogens is 1. The quantitative estimate of drug-likeness (QED) is 0.535. The minimum atomic E-state index is -0.261. The van der Waals surface area contributed by atoms with Crippen molar-refractivity contribution in [2.45, 2.75) is 31.8 Å². The zero-order chi connectivity index (χ0) is 19.8. The Morgan fingerprint density at radius 3 is 2.90 bits per heavy atom. The number of rotatable bonds is 5.